The molecule has 0 aliphatic carbocycles. The zero-order valence-corrected chi connectivity index (χ0v) is 19.9. The van der Waals surface area contributed by atoms with E-state index in [2.05, 4.69) is 28.8 Å². The lowest BCUT2D eigenvalue weighted by Crippen LogP contribution is -1.99. The number of fused-ring (bicyclic) bond motifs is 1. The van der Waals surface area contributed by atoms with Crippen molar-refractivity contribution in [1.29, 1.82) is 0 Å². The fourth-order valence-corrected chi connectivity index (χ4v) is 4.80. The second-order valence-electron chi connectivity index (χ2n) is 7.55. The van der Waals surface area contributed by atoms with Crippen molar-refractivity contribution in [3.8, 4) is 11.4 Å². The molecule has 0 fully saturated rings. The van der Waals surface area contributed by atoms with Gasteiger partial charge in [0.2, 0.25) is 0 Å². The van der Waals surface area contributed by atoms with Crippen molar-refractivity contribution in [3.05, 3.63) is 118 Å². The first-order valence-electron chi connectivity index (χ1n) is 10.5. The summed E-state index contributed by atoms with van der Waals surface area (Å²) < 4.78 is 8.03. The van der Waals surface area contributed by atoms with Crippen molar-refractivity contribution in [2.75, 3.05) is 0 Å². The van der Waals surface area contributed by atoms with Crippen LogP contribution >= 0.6 is 35.0 Å². The molecule has 5 rings (SSSR count). The molecule has 0 aliphatic rings. The average molecular weight is 491 g/mol. The highest BCUT2D eigenvalue weighted by atomic mass is 35.5. The van der Waals surface area contributed by atoms with Crippen LogP contribution in [-0.4, -0.2) is 9.55 Å². The zero-order chi connectivity index (χ0) is 22.6. The Kier molecular flexibility index (Phi) is 6.58. The maximum Gasteiger partial charge on any atom is 0.174 e. The molecule has 0 radical (unpaired) electrons. The van der Waals surface area contributed by atoms with E-state index in [0.29, 0.717) is 11.6 Å². The molecule has 0 saturated carbocycles. The number of ether oxygens (including phenoxy) is 1. The number of benzene rings is 4. The van der Waals surface area contributed by atoms with E-state index in [0.717, 1.165) is 44.0 Å². The third-order valence-corrected chi connectivity index (χ3v) is 6.71. The molecular weight excluding hydrogens is 471 g/mol. The highest BCUT2D eigenvalue weighted by Crippen LogP contribution is 2.32. The summed E-state index contributed by atoms with van der Waals surface area (Å²) in [5.41, 5.74) is 5.21. The Bertz CT molecular complexity index is 1370. The molecule has 33 heavy (non-hydrogen) atoms. The smallest absolute Gasteiger partial charge is 0.174 e. The molecule has 0 atom stereocenters. The van der Waals surface area contributed by atoms with Crippen molar-refractivity contribution in [2.24, 2.45) is 0 Å². The molecule has 6 heteroatoms. The van der Waals surface area contributed by atoms with Crippen molar-refractivity contribution in [1.82, 2.24) is 9.55 Å². The predicted molar refractivity (Wildman–Crippen MR) is 138 cm³/mol. The van der Waals surface area contributed by atoms with E-state index in [1.54, 1.807) is 11.8 Å². The van der Waals surface area contributed by atoms with E-state index < -0.39 is 0 Å². The second-order valence-corrected chi connectivity index (χ2v) is 9.36. The summed E-state index contributed by atoms with van der Waals surface area (Å²) in [5.74, 6) is 1.65. The fraction of sp³-hybridized carbons (Fsp3) is 0.0741. The van der Waals surface area contributed by atoms with Gasteiger partial charge in [-0.15, -0.1) is 0 Å². The summed E-state index contributed by atoms with van der Waals surface area (Å²) in [6, 6.07) is 31.9. The monoisotopic (exact) mass is 490 g/mol. The van der Waals surface area contributed by atoms with Gasteiger partial charge in [0, 0.05) is 21.5 Å². The Morgan fingerprint density at radius 3 is 2.21 bits per heavy atom. The van der Waals surface area contributed by atoms with Crippen LogP contribution < -0.4 is 4.74 Å². The van der Waals surface area contributed by atoms with Gasteiger partial charge >= 0.3 is 0 Å². The van der Waals surface area contributed by atoms with Crippen LogP contribution in [-0.2, 0) is 12.4 Å². The number of hydrogen-bond donors (Lipinski definition) is 0. The van der Waals surface area contributed by atoms with Crippen LogP contribution in [0.2, 0.25) is 10.0 Å². The molecule has 0 N–H and O–H groups in total. The third-order valence-electron chi connectivity index (χ3n) is 5.21. The van der Waals surface area contributed by atoms with Gasteiger partial charge in [0.05, 0.1) is 11.0 Å². The van der Waals surface area contributed by atoms with E-state index in [-0.39, 0.29) is 0 Å². The maximum atomic E-state index is 6.32. The number of aromatic nitrogens is 2. The normalized spacial score (nSPS) is 11.1. The highest BCUT2D eigenvalue weighted by molar-refractivity contribution is 7.98. The van der Waals surface area contributed by atoms with Gasteiger partial charge in [0.1, 0.15) is 12.4 Å². The Labute approximate surface area is 206 Å². The van der Waals surface area contributed by atoms with Gasteiger partial charge in [-0.25, -0.2) is 4.98 Å². The van der Waals surface area contributed by atoms with Gasteiger partial charge < -0.3 is 4.74 Å². The van der Waals surface area contributed by atoms with Crippen molar-refractivity contribution >= 4 is 46.0 Å². The Hall–Kier alpha value is -2.92. The molecule has 3 nitrogen and oxygen atoms in total. The highest BCUT2D eigenvalue weighted by Gasteiger charge is 2.14. The molecule has 5 aromatic rings. The van der Waals surface area contributed by atoms with Crippen LogP contribution in [0.5, 0.6) is 5.75 Å². The minimum absolute atomic E-state index is 0.513. The summed E-state index contributed by atoms with van der Waals surface area (Å²) in [6.07, 6.45) is 0. The quantitative estimate of drug-likeness (QED) is 0.215. The number of hydrogen-bond acceptors (Lipinski definition) is 3. The molecule has 0 unspecified atom stereocenters. The fourth-order valence-electron chi connectivity index (χ4n) is 3.53. The molecule has 0 saturated heterocycles. The number of halogens is 2. The van der Waals surface area contributed by atoms with Crippen LogP contribution in [0.15, 0.2) is 102 Å². The van der Waals surface area contributed by atoms with Gasteiger partial charge in [-0.3, -0.25) is 4.57 Å². The van der Waals surface area contributed by atoms with Crippen LogP contribution in [0.3, 0.4) is 0 Å². The Balaban J connectivity index is 1.42. The van der Waals surface area contributed by atoms with Gasteiger partial charge in [-0.1, -0.05) is 77.4 Å². The largest absolute Gasteiger partial charge is 0.489 e. The van der Waals surface area contributed by atoms with Crippen molar-refractivity contribution < 1.29 is 4.74 Å². The lowest BCUT2D eigenvalue weighted by Gasteiger charge is -2.11. The second kappa shape index (κ2) is 9.92. The summed E-state index contributed by atoms with van der Waals surface area (Å²) in [5, 5.41) is 2.34. The zero-order valence-electron chi connectivity index (χ0n) is 17.6. The molecule has 0 amide bonds. The van der Waals surface area contributed by atoms with E-state index in [1.807, 2.05) is 72.8 Å². The van der Waals surface area contributed by atoms with Gasteiger partial charge in [0.15, 0.2) is 5.16 Å². The van der Waals surface area contributed by atoms with Crippen molar-refractivity contribution in [3.63, 3.8) is 0 Å². The third kappa shape index (κ3) is 5.19. The maximum absolute atomic E-state index is 6.32. The van der Waals surface area contributed by atoms with E-state index >= 15 is 0 Å². The van der Waals surface area contributed by atoms with Crippen LogP contribution in [0.1, 0.15) is 11.1 Å². The molecule has 1 aromatic heterocycles. The lowest BCUT2D eigenvalue weighted by atomic mass is 10.2. The number of para-hydroxylation sites is 1. The lowest BCUT2D eigenvalue weighted by molar-refractivity contribution is 0.306. The summed E-state index contributed by atoms with van der Waals surface area (Å²) in [6.45, 7) is 0.513. The minimum Gasteiger partial charge on any atom is -0.489 e. The molecule has 0 bridgehead atoms. The van der Waals surface area contributed by atoms with Gasteiger partial charge in [-0.05, 0) is 65.7 Å². The summed E-state index contributed by atoms with van der Waals surface area (Å²) in [7, 11) is 0. The molecule has 4 aromatic carbocycles. The summed E-state index contributed by atoms with van der Waals surface area (Å²) in [4.78, 5) is 4.88. The average Bonchev–Trinajstić information content (AvgIpc) is 3.21. The molecule has 164 valence electrons. The minimum atomic E-state index is 0.513. The number of thioether (sulfide) groups is 1. The standard InChI is InChI=1S/C27H20Cl2N2OS/c28-21-10-6-20(7-11-21)18-33-27-30-25-15-12-22(29)16-26(25)31(27)23-13-8-19(9-14-23)17-32-24-4-2-1-3-5-24/h1-16H,17-18H2. The van der Waals surface area contributed by atoms with Gasteiger partial charge in [0.25, 0.3) is 0 Å². The van der Waals surface area contributed by atoms with Crippen LogP contribution in [0.4, 0.5) is 0 Å². The Morgan fingerprint density at radius 2 is 1.45 bits per heavy atom. The van der Waals surface area contributed by atoms with E-state index in [1.165, 1.54) is 5.56 Å². The number of imidazole rings is 1. The van der Waals surface area contributed by atoms with E-state index in [4.69, 9.17) is 32.9 Å². The molecular formula is C27H20Cl2N2OS. The topological polar surface area (TPSA) is 27.1 Å². The van der Waals surface area contributed by atoms with Crippen LogP contribution in [0, 0.1) is 0 Å². The SMILES string of the molecule is Clc1ccc(CSc2nc3ccc(Cl)cc3n2-c2ccc(COc3ccccc3)cc2)cc1. The predicted octanol–water partition coefficient (Wildman–Crippen LogP) is 8.20. The Morgan fingerprint density at radius 1 is 0.758 bits per heavy atom. The van der Waals surface area contributed by atoms with E-state index in [9.17, 15) is 0 Å². The van der Waals surface area contributed by atoms with Crippen LogP contribution in [0.25, 0.3) is 16.7 Å². The molecule has 1 heterocycles. The molecule has 0 spiro atoms. The molecule has 0 aliphatic heterocycles. The first kappa shape index (κ1) is 21.9. The number of nitrogens with zero attached hydrogens (tertiary/aromatic N) is 2. The number of rotatable bonds is 7. The first-order chi connectivity index (χ1) is 16.2. The first-order valence-corrected chi connectivity index (χ1v) is 12.2. The summed E-state index contributed by atoms with van der Waals surface area (Å²) >= 11 is 14.0. The van der Waals surface area contributed by atoms with Crippen molar-refractivity contribution in [2.45, 2.75) is 17.5 Å². The van der Waals surface area contributed by atoms with Gasteiger partial charge in [-0.2, -0.15) is 0 Å².